The van der Waals surface area contributed by atoms with Crippen molar-refractivity contribution >= 4 is 0 Å². The van der Waals surface area contributed by atoms with Gasteiger partial charge in [0.05, 0.1) is 6.61 Å². The Hall–Kier alpha value is -0.120. The third kappa shape index (κ3) is 9.57. The highest BCUT2D eigenvalue weighted by Gasteiger charge is 2.10. The molecule has 1 atom stereocenters. The molecule has 0 rings (SSSR count). The third-order valence-corrected chi connectivity index (χ3v) is 3.45. The predicted octanol–water partition coefficient (Wildman–Crippen LogP) is 2.64. The van der Waals surface area contributed by atoms with Crippen molar-refractivity contribution in [2.45, 2.75) is 58.4 Å². The second kappa shape index (κ2) is 12.3. The smallest absolute Gasteiger partial charge is 0.0589 e. The molecule has 0 heterocycles. The van der Waals surface area contributed by atoms with E-state index in [1.807, 2.05) is 0 Å². The quantitative estimate of drug-likeness (QED) is 0.536. The Kier molecular flexibility index (Phi) is 12.3. The lowest BCUT2D eigenvalue weighted by Gasteiger charge is -2.28. The van der Waals surface area contributed by atoms with Gasteiger partial charge in [-0.05, 0) is 39.3 Å². The minimum atomic E-state index is 0.675. The maximum absolute atomic E-state index is 5.48. The fourth-order valence-electron chi connectivity index (χ4n) is 2.01. The lowest BCUT2D eigenvalue weighted by atomic mass is 10.1. The summed E-state index contributed by atoms with van der Waals surface area (Å²) in [6.07, 6.45) is 7.65. The zero-order chi connectivity index (χ0) is 12.9. The summed E-state index contributed by atoms with van der Waals surface area (Å²) in [6.45, 7) is 8.52. The monoisotopic (exact) mass is 244 g/mol. The van der Waals surface area contributed by atoms with E-state index in [4.69, 9.17) is 10.5 Å². The second-order valence-electron chi connectivity index (χ2n) is 4.84. The highest BCUT2D eigenvalue weighted by atomic mass is 16.5. The Balaban J connectivity index is 3.60. The molecule has 3 nitrogen and oxygen atoms in total. The molecule has 0 spiro atoms. The van der Waals surface area contributed by atoms with Crippen LogP contribution in [-0.4, -0.2) is 44.3 Å². The van der Waals surface area contributed by atoms with E-state index in [9.17, 15) is 0 Å². The molecule has 104 valence electrons. The Morgan fingerprint density at radius 1 is 1.06 bits per heavy atom. The topological polar surface area (TPSA) is 38.5 Å². The molecule has 0 saturated carbocycles. The van der Waals surface area contributed by atoms with Crippen LogP contribution >= 0.6 is 0 Å². The van der Waals surface area contributed by atoms with Crippen LogP contribution in [0.15, 0.2) is 0 Å². The van der Waals surface area contributed by atoms with Crippen molar-refractivity contribution in [2.75, 3.05) is 33.4 Å². The first-order valence-electron chi connectivity index (χ1n) is 7.19. The molecular formula is C14H32N2O. The van der Waals surface area contributed by atoms with Crippen molar-refractivity contribution in [3.8, 4) is 0 Å². The van der Waals surface area contributed by atoms with Crippen molar-refractivity contribution in [3.63, 3.8) is 0 Å². The second-order valence-corrected chi connectivity index (χ2v) is 4.84. The lowest BCUT2D eigenvalue weighted by molar-refractivity contribution is 0.121. The van der Waals surface area contributed by atoms with Gasteiger partial charge in [0.2, 0.25) is 0 Å². The van der Waals surface area contributed by atoms with Gasteiger partial charge in [-0.3, -0.25) is 4.90 Å². The van der Waals surface area contributed by atoms with Crippen molar-refractivity contribution in [1.82, 2.24) is 4.90 Å². The highest BCUT2D eigenvalue weighted by Crippen LogP contribution is 2.08. The van der Waals surface area contributed by atoms with E-state index < -0.39 is 0 Å². The molecule has 0 saturated heterocycles. The molecule has 1 unspecified atom stereocenters. The summed E-state index contributed by atoms with van der Waals surface area (Å²) in [4.78, 5) is 2.55. The van der Waals surface area contributed by atoms with E-state index in [-0.39, 0.29) is 0 Å². The molecule has 0 amide bonds. The Morgan fingerprint density at radius 2 is 1.71 bits per heavy atom. The first-order valence-corrected chi connectivity index (χ1v) is 7.19. The number of rotatable bonds is 12. The summed E-state index contributed by atoms with van der Waals surface area (Å²) in [5, 5.41) is 0. The van der Waals surface area contributed by atoms with E-state index in [1.54, 1.807) is 7.11 Å². The van der Waals surface area contributed by atoms with Crippen LogP contribution < -0.4 is 5.73 Å². The van der Waals surface area contributed by atoms with Crippen molar-refractivity contribution in [1.29, 1.82) is 0 Å². The van der Waals surface area contributed by atoms with Crippen LogP contribution in [0.1, 0.15) is 52.4 Å². The summed E-state index contributed by atoms with van der Waals surface area (Å²) in [5.41, 5.74) is 5.48. The molecule has 0 aliphatic carbocycles. The van der Waals surface area contributed by atoms with E-state index in [0.29, 0.717) is 6.04 Å². The van der Waals surface area contributed by atoms with Crippen LogP contribution in [-0.2, 0) is 4.74 Å². The standard InChI is InChI=1S/C14H32N2O/c1-4-14(2)16(12-13-17-3)11-9-7-5-6-8-10-15/h14H,4-13,15H2,1-3H3. The molecule has 0 radical (unpaired) electrons. The van der Waals surface area contributed by atoms with Gasteiger partial charge in [0.1, 0.15) is 0 Å². The molecule has 0 aromatic carbocycles. The van der Waals surface area contributed by atoms with Gasteiger partial charge in [0.25, 0.3) is 0 Å². The van der Waals surface area contributed by atoms with Gasteiger partial charge in [-0.15, -0.1) is 0 Å². The van der Waals surface area contributed by atoms with Crippen LogP contribution in [0.5, 0.6) is 0 Å². The minimum Gasteiger partial charge on any atom is -0.383 e. The molecular weight excluding hydrogens is 212 g/mol. The van der Waals surface area contributed by atoms with E-state index in [2.05, 4.69) is 18.7 Å². The Labute approximate surface area is 108 Å². The average Bonchev–Trinajstić information content (AvgIpc) is 2.36. The largest absolute Gasteiger partial charge is 0.383 e. The number of methoxy groups -OCH3 is 1. The van der Waals surface area contributed by atoms with Gasteiger partial charge in [-0.25, -0.2) is 0 Å². The van der Waals surface area contributed by atoms with Gasteiger partial charge in [-0.1, -0.05) is 26.2 Å². The zero-order valence-electron chi connectivity index (χ0n) is 12.1. The number of ether oxygens (including phenoxy) is 1. The van der Waals surface area contributed by atoms with Crippen molar-refractivity contribution in [2.24, 2.45) is 5.73 Å². The van der Waals surface area contributed by atoms with Gasteiger partial charge < -0.3 is 10.5 Å². The molecule has 3 heteroatoms. The van der Waals surface area contributed by atoms with Gasteiger partial charge >= 0.3 is 0 Å². The summed E-state index contributed by atoms with van der Waals surface area (Å²) in [6, 6.07) is 0.675. The van der Waals surface area contributed by atoms with Crippen molar-refractivity contribution in [3.05, 3.63) is 0 Å². The maximum atomic E-state index is 5.48. The maximum Gasteiger partial charge on any atom is 0.0589 e. The lowest BCUT2D eigenvalue weighted by Crippen LogP contribution is -2.36. The summed E-state index contributed by atoms with van der Waals surface area (Å²) < 4.78 is 5.17. The van der Waals surface area contributed by atoms with Gasteiger partial charge in [0.15, 0.2) is 0 Å². The molecule has 17 heavy (non-hydrogen) atoms. The van der Waals surface area contributed by atoms with E-state index in [1.165, 1.54) is 45.1 Å². The third-order valence-electron chi connectivity index (χ3n) is 3.45. The van der Waals surface area contributed by atoms with E-state index in [0.717, 1.165) is 19.7 Å². The molecule has 0 aromatic heterocycles. The summed E-state index contributed by atoms with van der Waals surface area (Å²) in [7, 11) is 1.78. The molecule has 0 bridgehead atoms. The van der Waals surface area contributed by atoms with Gasteiger partial charge in [-0.2, -0.15) is 0 Å². The molecule has 0 fully saturated rings. The SMILES string of the molecule is CCC(C)N(CCCCCCCN)CCOC. The number of nitrogens with zero attached hydrogens (tertiary/aromatic N) is 1. The first-order chi connectivity index (χ1) is 8.26. The van der Waals surface area contributed by atoms with Crippen LogP contribution in [0, 0.1) is 0 Å². The minimum absolute atomic E-state index is 0.675. The Bertz CT molecular complexity index is 153. The zero-order valence-corrected chi connectivity index (χ0v) is 12.1. The number of hydrogen-bond acceptors (Lipinski definition) is 3. The first kappa shape index (κ1) is 16.9. The molecule has 2 N–H and O–H groups in total. The fourth-order valence-corrected chi connectivity index (χ4v) is 2.01. The normalized spacial score (nSPS) is 13.2. The average molecular weight is 244 g/mol. The van der Waals surface area contributed by atoms with Crippen molar-refractivity contribution < 1.29 is 4.74 Å². The predicted molar refractivity (Wildman–Crippen MR) is 75.3 cm³/mol. The van der Waals surface area contributed by atoms with Crippen LogP contribution in [0.3, 0.4) is 0 Å². The van der Waals surface area contributed by atoms with E-state index >= 15 is 0 Å². The van der Waals surface area contributed by atoms with Gasteiger partial charge in [0, 0.05) is 19.7 Å². The number of nitrogens with two attached hydrogens (primary N) is 1. The van der Waals surface area contributed by atoms with Crippen LogP contribution in [0.4, 0.5) is 0 Å². The number of unbranched alkanes of at least 4 members (excludes halogenated alkanes) is 4. The number of hydrogen-bond donors (Lipinski definition) is 1. The highest BCUT2D eigenvalue weighted by molar-refractivity contribution is 4.65. The summed E-state index contributed by atoms with van der Waals surface area (Å²) >= 11 is 0. The molecule has 0 aromatic rings. The van der Waals surface area contributed by atoms with Crippen LogP contribution in [0.2, 0.25) is 0 Å². The van der Waals surface area contributed by atoms with Crippen LogP contribution in [0.25, 0.3) is 0 Å². The Morgan fingerprint density at radius 3 is 2.29 bits per heavy atom. The summed E-state index contributed by atoms with van der Waals surface area (Å²) in [5.74, 6) is 0. The molecule has 0 aliphatic heterocycles. The fraction of sp³-hybridized carbons (Fsp3) is 1.00. The molecule has 0 aliphatic rings.